The Hall–Kier alpha value is -3.55. The lowest BCUT2D eigenvalue weighted by Crippen LogP contribution is -2.50. The van der Waals surface area contributed by atoms with Crippen molar-refractivity contribution in [1.82, 2.24) is 10.7 Å². The molecule has 182 valence electrons. The van der Waals surface area contributed by atoms with Crippen molar-refractivity contribution in [2.75, 3.05) is 7.11 Å². The zero-order valence-corrected chi connectivity index (χ0v) is 20.7. The van der Waals surface area contributed by atoms with E-state index >= 15 is 0 Å². The van der Waals surface area contributed by atoms with Crippen LogP contribution < -0.4 is 20.2 Å². The lowest BCUT2D eigenvalue weighted by Gasteiger charge is -2.21. The second-order valence-corrected chi connectivity index (χ2v) is 8.41. The molecule has 2 atom stereocenters. The molecule has 0 saturated carbocycles. The summed E-state index contributed by atoms with van der Waals surface area (Å²) in [5, 5.41) is 7.51. The fourth-order valence-corrected chi connectivity index (χ4v) is 3.63. The second kappa shape index (κ2) is 12.8. The van der Waals surface area contributed by atoms with E-state index in [0.29, 0.717) is 22.1 Å². The van der Waals surface area contributed by atoms with Crippen LogP contribution in [0.25, 0.3) is 0 Å². The molecule has 0 aliphatic carbocycles. The normalized spacial score (nSPS) is 12.6. The number of hydrazone groups is 1. The van der Waals surface area contributed by atoms with Gasteiger partial charge in [0.1, 0.15) is 17.5 Å². The summed E-state index contributed by atoms with van der Waals surface area (Å²) in [5.41, 5.74) is 4.06. The molecule has 35 heavy (non-hydrogen) atoms. The van der Waals surface area contributed by atoms with Crippen LogP contribution in [0.2, 0.25) is 10.0 Å². The van der Waals surface area contributed by atoms with E-state index in [1.54, 1.807) is 38.3 Å². The van der Waals surface area contributed by atoms with Crippen molar-refractivity contribution in [3.63, 3.8) is 0 Å². The van der Waals surface area contributed by atoms with Gasteiger partial charge in [-0.3, -0.25) is 9.59 Å². The lowest BCUT2D eigenvalue weighted by atomic mass is 10.1. The number of ether oxygens (including phenoxy) is 2. The Morgan fingerprint density at radius 3 is 2.40 bits per heavy atom. The number of hydrogen-bond acceptors (Lipinski definition) is 5. The van der Waals surface area contributed by atoms with E-state index in [-0.39, 0.29) is 11.4 Å². The molecular formula is C26H25Cl2N3O4. The number of para-hydroxylation sites is 1. The van der Waals surface area contributed by atoms with Gasteiger partial charge in [-0.25, -0.2) is 5.43 Å². The molecule has 0 aromatic heterocycles. The second-order valence-electron chi connectivity index (χ2n) is 7.56. The fourth-order valence-electron chi connectivity index (χ4n) is 3.18. The summed E-state index contributed by atoms with van der Waals surface area (Å²) in [7, 11) is 1.55. The van der Waals surface area contributed by atoms with Crippen molar-refractivity contribution in [2.24, 2.45) is 5.10 Å². The Kier molecular flexibility index (Phi) is 9.52. The van der Waals surface area contributed by atoms with Gasteiger partial charge in [-0.1, -0.05) is 65.7 Å². The molecule has 0 heterocycles. The van der Waals surface area contributed by atoms with Crippen molar-refractivity contribution < 1.29 is 19.1 Å². The smallest absolute Gasteiger partial charge is 0.262 e. The SMILES string of the molecule is COc1ccccc1/C=N\NC(=O)[C@@H](Cc1ccccc1)NC(=O)[C@H](C)Oc1ccc(Cl)cc1Cl. The van der Waals surface area contributed by atoms with Crippen molar-refractivity contribution in [3.05, 3.63) is 94.0 Å². The molecule has 2 N–H and O–H groups in total. The van der Waals surface area contributed by atoms with E-state index < -0.39 is 24.0 Å². The summed E-state index contributed by atoms with van der Waals surface area (Å²) in [4.78, 5) is 25.8. The minimum atomic E-state index is -0.920. The van der Waals surface area contributed by atoms with Crippen LogP contribution in [0.3, 0.4) is 0 Å². The quantitative estimate of drug-likeness (QED) is 0.305. The van der Waals surface area contributed by atoms with E-state index in [2.05, 4.69) is 15.8 Å². The van der Waals surface area contributed by atoms with Crippen LogP contribution in [0.15, 0.2) is 77.9 Å². The first-order valence-electron chi connectivity index (χ1n) is 10.8. The lowest BCUT2D eigenvalue weighted by molar-refractivity contribution is -0.132. The number of benzene rings is 3. The molecule has 3 aromatic rings. The third-order valence-electron chi connectivity index (χ3n) is 5.00. The molecule has 0 saturated heterocycles. The maximum atomic E-state index is 13.0. The van der Waals surface area contributed by atoms with Crippen LogP contribution >= 0.6 is 23.2 Å². The first-order valence-corrected chi connectivity index (χ1v) is 11.5. The van der Waals surface area contributed by atoms with Crippen molar-refractivity contribution in [2.45, 2.75) is 25.5 Å². The van der Waals surface area contributed by atoms with Crippen molar-refractivity contribution >= 4 is 41.2 Å². The van der Waals surface area contributed by atoms with Gasteiger partial charge >= 0.3 is 0 Å². The van der Waals surface area contributed by atoms with E-state index in [1.807, 2.05) is 42.5 Å². The van der Waals surface area contributed by atoms with Crippen LogP contribution in [-0.2, 0) is 16.0 Å². The molecule has 9 heteroatoms. The van der Waals surface area contributed by atoms with Gasteiger partial charge in [0.15, 0.2) is 6.10 Å². The number of carbonyl (C=O) groups excluding carboxylic acids is 2. The zero-order chi connectivity index (χ0) is 25.2. The van der Waals surface area contributed by atoms with Gasteiger partial charge < -0.3 is 14.8 Å². The van der Waals surface area contributed by atoms with Crippen LogP contribution in [0.5, 0.6) is 11.5 Å². The molecule has 0 radical (unpaired) electrons. The van der Waals surface area contributed by atoms with Crippen LogP contribution in [0.1, 0.15) is 18.1 Å². The summed E-state index contributed by atoms with van der Waals surface area (Å²) in [6.07, 6.45) is 0.820. The van der Waals surface area contributed by atoms with Gasteiger partial charge in [-0.05, 0) is 42.8 Å². The Balaban J connectivity index is 1.70. The monoisotopic (exact) mass is 513 g/mol. The number of carbonyl (C=O) groups is 2. The Bertz CT molecular complexity index is 1190. The summed E-state index contributed by atoms with van der Waals surface area (Å²) in [5.74, 6) is -0.0402. The molecule has 0 aliphatic rings. The number of methoxy groups -OCH3 is 1. The summed E-state index contributed by atoms with van der Waals surface area (Å²) < 4.78 is 11.0. The minimum Gasteiger partial charge on any atom is -0.496 e. The number of nitrogens with one attached hydrogen (secondary N) is 2. The zero-order valence-electron chi connectivity index (χ0n) is 19.2. The number of amides is 2. The number of nitrogens with zero attached hydrogens (tertiary/aromatic N) is 1. The Labute approximate surface area is 214 Å². The average Bonchev–Trinajstić information content (AvgIpc) is 2.86. The first-order chi connectivity index (χ1) is 16.9. The Morgan fingerprint density at radius 2 is 1.69 bits per heavy atom. The van der Waals surface area contributed by atoms with E-state index in [0.717, 1.165) is 5.56 Å². The van der Waals surface area contributed by atoms with Gasteiger partial charge in [0.25, 0.3) is 11.8 Å². The number of halogens is 2. The largest absolute Gasteiger partial charge is 0.496 e. The fraction of sp³-hybridized carbons (Fsp3) is 0.192. The highest BCUT2D eigenvalue weighted by molar-refractivity contribution is 6.35. The van der Waals surface area contributed by atoms with Crippen LogP contribution in [0.4, 0.5) is 0 Å². The highest BCUT2D eigenvalue weighted by Crippen LogP contribution is 2.28. The molecule has 3 rings (SSSR count). The first kappa shape index (κ1) is 26.1. The van der Waals surface area contributed by atoms with Gasteiger partial charge in [0.05, 0.1) is 18.3 Å². The molecule has 2 amide bonds. The number of hydrogen-bond donors (Lipinski definition) is 2. The highest BCUT2D eigenvalue weighted by Gasteiger charge is 2.25. The molecule has 0 aliphatic heterocycles. The third kappa shape index (κ3) is 7.73. The molecule has 0 unspecified atom stereocenters. The standard InChI is InChI=1S/C26H25Cl2N3O4/c1-17(35-24-13-12-20(27)15-21(24)28)25(32)30-22(14-18-8-4-3-5-9-18)26(33)31-29-16-19-10-6-7-11-23(19)34-2/h3-13,15-17,22H,14H2,1-2H3,(H,30,32)(H,31,33)/b29-16-/t17-,22+/m0/s1. The van der Waals surface area contributed by atoms with E-state index in [4.69, 9.17) is 32.7 Å². The highest BCUT2D eigenvalue weighted by atomic mass is 35.5. The van der Waals surface area contributed by atoms with Gasteiger partial charge in [-0.15, -0.1) is 0 Å². The van der Waals surface area contributed by atoms with Crippen LogP contribution in [0, 0.1) is 0 Å². The summed E-state index contributed by atoms with van der Waals surface area (Å²) in [6, 6.07) is 20.4. The molecule has 0 fully saturated rings. The average molecular weight is 514 g/mol. The maximum absolute atomic E-state index is 13.0. The molecule has 0 spiro atoms. The van der Waals surface area contributed by atoms with E-state index in [9.17, 15) is 9.59 Å². The molecule has 0 bridgehead atoms. The van der Waals surface area contributed by atoms with Gasteiger partial charge in [-0.2, -0.15) is 5.10 Å². The summed E-state index contributed by atoms with van der Waals surface area (Å²) in [6.45, 7) is 1.57. The summed E-state index contributed by atoms with van der Waals surface area (Å²) >= 11 is 12.1. The number of rotatable bonds is 10. The van der Waals surface area contributed by atoms with E-state index in [1.165, 1.54) is 12.3 Å². The van der Waals surface area contributed by atoms with Gasteiger partial charge in [0, 0.05) is 17.0 Å². The molecule has 3 aromatic carbocycles. The predicted octanol–water partition coefficient (Wildman–Crippen LogP) is 4.65. The Morgan fingerprint density at radius 1 is 0.971 bits per heavy atom. The van der Waals surface area contributed by atoms with Crippen molar-refractivity contribution in [3.8, 4) is 11.5 Å². The van der Waals surface area contributed by atoms with Crippen LogP contribution in [-0.4, -0.2) is 37.3 Å². The van der Waals surface area contributed by atoms with Gasteiger partial charge in [0.2, 0.25) is 0 Å². The predicted molar refractivity (Wildman–Crippen MR) is 137 cm³/mol. The molecular weight excluding hydrogens is 489 g/mol. The molecule has 7 nitrogen and oxygen atoms in total. The third-order valence-corrected chi connectivity index (χ3v) is 5.53. The maximum Gasteiger partial charge on any atom is 0.262 e. The minimum absolute atomic E-state index is 0.261. The van der Waals surface area contributed by atoms with Crippen molar-refractivity contribution in [1.29, 1.82) is 0 Å². The topological polar surface area (TPSA) is 89.0 Å².